The van der Waals surface area contributed by atoms with Crippen LogP contribution < -0.4 is 5.32 Å². The van der Waals surface area contributed by atoms with Gasteiger partial charge in [-0.1, -0.05) is 13.0 Å². The predicted octanol–water partition coefficient (Wildman–Crippen LogP) is 2.47. The third-order valence-electron chi connectivity index (χ3n) is 3.88. The Hall–Kier alpha value is -1.29. The van der Waals surface area contributed by atoms with Crippen LogP contribution in [0.25, 0.3) is 0 Å². The number of hydrogen-bond donors (Lipinski definition) is 1. The summed E-state index contributed by atoms with van der Waals surface area (Å²) >= 11 is 0. The first kappa shape index (κ1) is 13.1. The molecule has 0 aliphatic carbocycles. The molecule has 1 aliphatic rings. The van der Waals surface area contributed by atoms with Crippen LogP contribution in [0.2, 0.25) is 0 Å². The predicted molar refractivity (Wildman–Crippen MR) is 65.3 cm³/mol. The SMILES string of the molecule is CCC1(C(=O)Cc2ccc(F)cc2F)CCNC1. The molecule has 1 fully saturated rings. The summed E-state index contributed by atoms with van der Waals surface area (Å²) < 4.78 is 26.3. The Bertz CT molecular complexity index is 453. The maximum atomic E-state index is 13.5. The lowest BCUT2D eigenvalue weighted by molar-refractivity contribution is -0.127. The van der Waals surface area contributed by atoms with E-state index in [1.807, 2.05) is 6.92 Å². The molecule has 0 saturated carbocycles. The molecule has 0 bridgehead atoms. The summed E-state index contributed by atoms with van der Waals surface area (Å²) in [5, 5.41) is 3.18. The van der Waals surface area contributed by atoms with Gasteiger partial charge in [0.25, 0.3) is 0 Å². The standard InChI is InChI=1S/C14H17F2NO/c1-2-14(5-6-17-9-14)13(18)7-10-3-4-11(15)8-12(10)16/h3-4,8,17H,2,5-7,9H2,1H3. The van der Waals surface area contributed by atoms with Crippen LogP contribution in [0.1, 0.15) is 25.3 Å². The van der Waals surface area contributed by atoms with E-state index in [2.05, 4.69) is 5.32 Å². The van der Waals surface area contributed by atoms with Gasteiger partial charge in [-0.3, -0.25) is 4.79 Å². The van der Waals surface area contributed by atoms with E-state index in [0.717, 1.165) is 25.5 Å². The van der Waals surface area contributed by atoms with E-state index in [9.17, 15) is 13.6 Å². The van der Waals surface area contributed by atoms with E-state index in [4.69, 9.17) is 0 Å². The number of hydrogen-bond acceptors (Lipinski definition) is 2. The van der Waals surface area contributed by atoms with Crippen molar-refractivity contribution in [2.45, 2.75) is 26.2 Å². The highest BCUT2D eigenvalue weighted by molar-refractivity contribution is 5.87. The summed E-state index contributed by atoms with van der Waals surface area (Å²) in [7, 11) is 0. The molecule has 1 aromatic rings. The van der Waals surface area contributed by atoms with Gasteiger partial charge < -0.3 is 5.32 Å². The van der Waals surface area contributed by atoms with E-state index >= 15 is 0 Å². The topological polar surface area (TPSA) is 29.1 Å². The number of halogens is 2. The van der Waals surface area contributed by atoms with Crippen LogP contribution in [0.4, 0.5) is 8.78 Å². The molecule has 1 aromatic carbocycles. The van der Waals surface area contributed by atoms with Crippen LogP contribution in [0.15, 0.2) is 18.2 Å². The van der Waals surface area contributed by atoms with Crippen LogP contribution in [-0.2, 0) is 11.2 Å². The van der Waals surface area contributed by atoms with Crippen molar-refractivity contribution in [3.8, 4) is 0 Å². The zero-order valence-electron chi connectivity index (χ0n) is 10.4. The maximum absolute atomic E-state index is 13.5. The zero-order valence-corrected chi connectivity index (χ0v) is 10.4. The molecule has 0 radical (unpaired) electrons. The molecule has 1 heterocycles. The highest BCUT2D eigenvalue weighted by Gasteiger charge is 2.38. The summed E-state index contributed by atoms with van der Waals surface area (Å²) in [6.07, 6.45) is 1.59. The number of Topliss-reactive ketones (excluding diaryl/α,β-unsaturated/α-hetero) is 1. The molecule has 1 N–H and O–H groups in total. The number of benzene rings is 1. The first-order chi connectivity index (χ1) is 8.57. The van der Waals surface area contributed by atoms with Crippen molar-refractivity contribution >= 4 is 5.78 Å². The monoisotopic (exact) mass is 253 g/mol. The minimum absolute atomic E-state index is 0.0421. The van der Waals surface area contributed by atoms with E-state index in [0.29, 0.717) is 6.54 Å². The third-order valence-corrected chi connectivity index (χ3v) is 3.88. The second kappa shape index (κ2) is 5.14. The van der Waals surface area contributed by atoms with Gasteiger partial charge in [0.15, 0.2) is 0 Å². The molecular formula is C14H17F2NO. The summed E-state index contributed by atoms with van der Waals surface area (Å²) in [6.45, 7) is 3.46. The first-order valence-corrected chi connectivity index (χ1v) is 6.25. The van der Waals surface area contributed by atoms with Gasteiger partial charge in [-0.2, -0.15) is 0 Å². The van der Waals surface area contributed by atoms with Crippen molar-refractivity contribution in [3.05, 3.63) is 35.4 Å². The number of rotatable bonds is 4. The lowest BCUT2D eigenvalue weighted by atomic mass is 9.78. The molecule has 2 nitrogen and oxygen atoms in total. The van der Waals surface area contributed by atoms with Crippen molar-refractivity contribution in [1.82, 2.24) is 5.32 Å². The van der Waals surface area contributed by atoms with Crippen molar-refractivity contribution in [3.63, 3.8) is 0 Å². The Morgan fingerprint density at radius 1 is 1.44 bits per heavy atom. The fraction of sp³-hybridized carbons (Fsp3) is 0.500. The number of nitrogens with one attached hydrogen (secondary N) is 1. The quantitative estimate of drug-likeness (QED) is 0.893. The smallest absolute Gasteiger partial charge is 0.144 e. The Morgan fingerprint density at radius 3 is 2.78 bits per heavy atom. The van der Waals surface area contributed by atoms with Gasteiger partial charge in [0, 0.05) is 24.4 Å². The second-order valence-electron chi connectivity index (χ2n) is 4.90. The van der Waals surface area contributed by atoms with Crippen molar-refractivity contribution < 1.29 is 13.6 Å². The largest absolute Gasteiger partial charge is 0.316 e. The molecule has 1 atom stereocenters. The Labute approximate surface area is 105 Å². The maximum Gasteiger partial charge on any atom is 0.144 e. The van der Waals surface area contributed by atoms with Gasteiger partial charge in [-0.15, -0.1) is 0 Å². The van der Waals surface area contributed by atoms with Gasteiger partial charge in [0.2, 0.25) is 0 Å². The van der Waals surface area contributed by atoms with Gasteiger partial charge >= 0.3 is 0 Å². The minimum Gasteiger partial charge on any atom is -0.316 e. The van der Waals surface area contributed by atoms with Gasteiger partial charge in [0.1, 0.15) is 17.4 Å². The summed E-state index contributed by atoms with van der Waals surface area (Å²) in [5.41, 5.74) is -0.0954. The van der Waals surface area contributed by atoms with Crippen LogP contribution in [0.3, 0.4) is 0 Å². The summed E-state index contributed by atoms with van der Waals surface area (Å²) in [4.78, 5) is 12.3. The highest BCUT2D eigenvalue weighted by Crippen LogP contribution is 2.32. The number of ketones is 1. The number of carbonyl (C=O) groups excluding carboxylic acids is 1. The molecule has 1 saturated heterocycles. The normalized spacial score (nSPS) is 23.3. The van der Waals surface area contributed by atoms with E-state index in [1.165, 1.54) is 12.1 Å². The Kier molecular flexibility index (Phi) is 3.76. The molecule has 1 aliphatic heterocycles. The van der Waals surface area contributed by atoms with Crippen LogP contribution >= 0.6 is 0 Å². The van der Waals surface area contributed by atoms with E-state index in [-0.39, 0.29) is 23.2 Å². The minimum atomic E-state index is -0.638. The van der Waals surface area contributed by atoms with Crippen molar-refractivity contribution in [2.75, 3.05) is 13.1 Å². The summed E-state index contributed by atoms with van der Waals surface area (Å²) in [5.74, 6) is -1.21. The third kappa shape index (κ3) is 2.43. The Morgan fingerprint density at radius 2 is 2.22 bits per heavy atom. The fourth-order valence-corrected chi connectivity index (χ4v) is 2.51. The average Bonchev–Trinajstić information content (AvgIpc) is 2.82. The lowest BCUT2D eigenvalue weighted by Crippen LogP contribution is -2.34. The molecule has 0 spiro atoms. The van der Waals surface area contributed by atoms with E-state index < -0.39 is 11.6 Å². The number of carbonyl (C=O) groups is 1. The first-order valence-electron chi connectivity index (χ1n) is 6.25. The van der Waals surface area contributed by atoms with Crippen LogP contribution in [-0.4, -0.2) is 18.9 Å². The second-order valence-corrected chi connectivity index (χ2v) is 4.90. The van der Waals surface area contributed by atoms with Crippen LogP contribution in [0.5, 0.6) is 0 Å². The van der Waals surface area contributed by atoms with E-state index in [1.54, 1.807) is 0 Å². The summed E-state index contributed by atoms with van der Waals surface area (Å²) in [6, 6.07) is 3.37. The molecule has 98 valence electrons. The molecule has 1 unspecified atom stereocenters. The lowest BCUT2D eigenvalue weighted by Gasteiger charge is -2.24. The van der Waals surface area contributed by atoms with Gasteiger partial charge in [-0.05, 0) is 31.0 Å². The molecule has 4 heteroatoms. The highest BCUT2D eigenvalue weighted by atomic mass is 19.1. The molecular weight excluding hydrogens is 236 g/mol. The van der Waals surface area contributed by atoms with Crippen molar-refractivity contribution in [1.29, 1.82) is 0 Å². The molecule has 0 aromatic heterocycles. The molecule has 2 rings (SSSR count). The van der Waals surface area contributed by atoms with Crippen LogP contribution in [0, 0.1) is 17.0 Å². The van der Waals surface area contributed by atoms with Crippen molar-refractivity contribution in [2.24, 2.45) is 5.41 Å². The van der Waals surface area contributed by atoms with Gasteiger partial charge in [-0.25, -0.2) is 8.78 Å². The zero-order chi connectivity index (χ0) is 13.2. The fourth-order valence-electron chi connectivity index (χ4n) is 2.51. The molecule has 18 heavy (non-hydrogen) atoms. The molecule has 0 amide bonds. The van der Waals surface area contributed by atoms with Gasteiger partial charge in [0.05, 0.1) is 0 Å². The average molecular weight is 253 g/mol. The Balaban J connectivity index is 2.15.